The molecule has 0 radical (unpaired) electrons. The van der Waals surface area contributed by atoms with Gasteiger partial charge in [-0.1, -0.05) is 32.9 Å². The van der Waals surface area contributed by atoms with Crippen molar-refractivity contribution in [2.45, 2.75) is 58.5 Å². The molecule has 5 heteroatoms. The first kappa shape index (κ1) is 19.2. The minimum atomic E-state index is -0.934. The molecule has 1 amide bonds. The Kier molecular flexibility index (Phi) is 6.36. The SMILES string of the molecule is C=C(C)[C@H]1C[C@@H](C#N)[C@@H](C)[C@](C#N)(N[C@H](CC(C)C)C(N)=O)C1. The Hall–Kier alpha value is -1.85. The molecule has 0 heterocycles. The lowest BCUT2D eigenvalue weighted by Gasteiger charge is -2.45. The van der Waals surface area contributed by atoms with Crippen LogP contribution in [0.5, 0.6) is 0 Å². The number of carbonyl (C=O) groups is 1. The van der Waals surface area contributed by atoms with Gasteiger partial charge in [-0.2, -0.15) is 10.5 Å². The van der Waals surface area contributed by atoms with Gasteiger partial charge in [0.2, 0.25) is 5.91 Å². The first-order valence-corrected chi connectivity index (χ1v) is 8.20. The van der Waals surface area contributed by atoms with Crippen molar-refractivity contribution in [3.8, 4) is 12.1 Å². The predicted octanol–water partition coefficient (Wildman–Crippen LogP) is 2.50. The highest BCUT2D eigenvalue weighted by Gasteiger charge is 2.48. The van der Waals surface area contributed by atoms with E-state index in [2.05, 4.69) is 24.0 Å². The van der Waals surface area contributed by atoms with E-state index in [4.69, 9.17) is 5.73 Å². The second-order valence-corrected chi connectivity index (χ2v) is 7.32. The number of hydrogen-bond acceptors (Lipinski definition) is 4. The summed E-state index contributed by atoms with van der Waals surface area (Å²) in [6, 6.07) is 4.12. The zero-order valence-electron chi connectivity index (χ0n) is 14.6. The Morgan fingerprint density at radius 3 is 2.48 bits per heavy atom. The minimum Gasteiger partial charge on any atom is -0.368 e. The molecule has 0 unspecified atom stereocenters. The Labute approximate surface area is 139 Å². The van der Waals surface area contributed by atoms with E-state index in [1.165, 1.54) is 0 Å². The fourth-order valence-corrected chi connectivity index (χ4v) is 3.45. The maximum atomic E-state index is 11.8. The average molecular weight is 316 g/mol. The van der Waals surface area contributed by atoms with Gasteiger partial charge in [0, 0.05) is 5.92 Å². The van der Waals surface area contributed by atoms with Crippen LogP contribution in [0.25, 0.3) is 0 Å². The molecule has 0 aromatic rings. The van der Waals surface area contributed by atoms with Crippen molar-refractivity contribution < 1.29 is 4.79 Å². The maximum Gasteiger partial charge on any atom is 0.234 e. The second-order valence-electron chi connectivity index (χ2n) is 7.32. The number of primary amides is 1. The molecule has 3 N–H and O–H groups in total. The van der Waals surface area contributed by atoms with Gasteiger partial charge in [0.05, 0.1) is 24.1 Å². The van der Waals surface area contributed by atoms with Crippen molar-refractivity contribution >= 4 is 5.91 Å². The van der Waals surface area contributed by atoms with Gasteiger partial charge < -0.3 is 5.73 Å². The van der Waals surface area contributed by atoms with Gasteiger partial charge in [-0.05, 0) is 38.0 Å². The second kappa shape index (κ2) is 7.62. The number of nitrogens with zero attached hydrogens (tertiary/aromatic N) is 2. The van der Waals surface area contributed by atoms with E-state index in [0.29, 0.717) is 19.3 Å². The summed E-state index contributed by atoms with van der Waals surface area (Å²) >= 11 is 0. The Morgan fingerprint density at radius 1 is 1.48 bits per heavy atom. The van der Waals surface area contributed by atoms with Gasteiger partial charge in [0.25, 0.3) is 0 Å². The number of nitriles is 2. The molecule has 1 fully saturated rings. The van der Waals surface area contributed by atoms with Crippen molar-refractivity contribution in [1.82, 2.24) is 5.32 Å². The monoisotopic (exact) mass is 316 g/mol. The summed E-state index contributed by atoms with van der Waals surface area (Å²) in [5, 5.41) is 22.6. The van der Waals surface area contributed by atoms with Crippen molar-refractivity contribution in [1.29, 1.82) is 10.5 Å². The number of hydrogen-bond donors (Lipinski definition) is 2. The quantitative estimate of drug-likeness (QED) is 0.735. The number of nitrogens with two attached hydrogens (primary N) is 1. The van der Waals surface area contributed by atoms with Crippen LogP contribution in [0.2, 0.25) is 0 Å². The zero-order chi connectivity index (χ0) is 17.8. The zero-order valence-corrected chi connectivity index (χ0v) is 14.6. The topological polar surface area (TPSA) is 103 Å². The molecule has 126 valence electrons. The van der Waals surface area contributed by atoms with Crippen LogP contribution in [0.15, 0.2) is 12.2 Å². The van der Waals surface area contributed by atoms with Crippen LogP contribution in [0.4, 0.5) is 0 Å². The minimum absolute atomic E-state index is 0.0931. The molecule has 0 aromatic carbocycles. The summed E-state index contributed by atoms with van der Waals surface area (Å²) < 4.78 is 0. The van der Waals surface area contributed by atoms with Crippen LogP contribution >= 0.6 is 0 Å². The number of carbonyl (C=O) groups excluding carboxylic acids is 1. The van der Waals surface area contributed by atoms with E-state index in [1.54, 1.807) is 0 Å². The third-order valence-corrected chi connectivity index (χ3v) is 5.03. The molecule has 1 saturated carbocycles. The lowest BCUT2D eigenvalue weighted by atomic mass is 9.63. The average Bonchev–Trinajstić information content (AvgIpc) is 2.47. The highest BCUT2D eigenvalue weighted by Crippen LogP contribution is 2.43. The molecule has 5 atom stereocenters. The van der Waals surface area contributed by atoms with Gasteiger partial charge in [-0.25, -0.2) is 0 Å². The summed E-state index contributed by atoms with van der Waals surface area (Å²) in [5.74, 6) is -0.507. The van der Waals surface area contributed by atoms with Crippen molar-refractivity contribution in [3.63, 3.8) is 0 Å². The van der Waals surface area contributed by atoms with Crippen LogP contribution in [-0.2, 0) is 4.79 Å². The highest BCUT2D eigenvalue weighted by molar-refractivity contribution is 5.80. The third kappa shape index (κ3) is 4.33. The van der Waals surface area contributed by atoms with Crippen LogP contribution < -0.4 is 11.1 Å². The van der Waals surface area contributed by atoms with Crippen LogP contribution in [0.1, 0.15) is 47.0 Å². The smallest absolute Gasteiger partial charge is 0.234 e. The fourth-order valence-electron chi connectivity index (χ4n) is 3.45. The molecular weight excluding hydrogens is 288 g/mol. The fraction of sp³-hybridized carbons (Fsp3) is 0.722. The molecule has 0 bridgehead atoms. The largest absolute Gasteiger partial charge is 0.368 e. The molecule has 5 nitrogen and oxygen atoms in total. The van der Waals surface area contributed by atoms with Crippen LogP contribution in [-0.4, -0.2) is 17.5 Å². The Bertz CT molecular complexity index is 542. The van der Waals surface area contributed by atoms with Crippen LogP contribution in [0.3, 0.4) is 0 Å². The Morgan fingerprint density at radius 2 is 2.09 bits per heavy atom. The number of rotatable bonds is 6. The summed E-state index contributed by atoms with van der Waals surface area (Å²) in [6.45, 7) is 11.9. The summed E-state index contributed by atoms with van der Waals surface area (Å²) in [6.07, 6.45) is 1.84. The first-order valence-electron chi connectivity index (χ1n) is 8.20. The van der Waals surface area contributed by atoms with Gasteiger partial charge >= 0.3 is 0 Å². The first-order chi connectivity index (χ1) is 10.7. The van der Waals surface area contributed by atoms with E-state index < -0.39 is 17.5 Å². The van der Waals surface area contributed by atoms with Crippen molar-refractivity contribution in [3.05, 3.63) is 12.2 Å². The molecule has 1 aliphatic rings. The molecule has 0 aliphatic heterocycles. The van der Waals surface area contributed by atoms with E-state index in [-0.39, 0.29) is 23.7 Å². The lowest BCUT2D eigenvalue weighted by Crippen LogP contribution is -2.61. The normalized spacial score (nSPS) is 31.9. The summed E-state index contributed by atoms with van der Waals surface area (Å²) in [5.41, 5.74) is 5.57. The van der Waals surface area contributed by atoms with Crippen molar-refractivity contribution in [2.24, 2.45) is 29.4 Å². The molecule has 23 heavy (non-hydrogen) atoms. The molecule has 1 rings (SSSR count). The van der Waals surface area contributed by atoms with E-state index in [9.17, 15) is 15.3 Å². The number of allylic oxidation sites excluding steroid dienone is 1. The third-order valence-electron chi connectivity index (χ3n) is 5.03. The number of amides is 1. The molecule has 0 saturated heterocycles. The molecule has 0 spiro atoms. The maximum absolute atomic E-state index is 11.8. The standard InChI is InChI=1S/C18H28N4O/c1-11(2)6-16(17(21)23)22-18(10-20)8-14(12(3)4)7-15(9-19)13(18)5/h11,13-16,22H,3,6-8H2,1-2,4-5H3,(H2,21,23)/t13-,14+,15+,16-,18+/m1/s1. The van der Waals surface area contributed by atoms with Gasteiger partial charge in [0.1, 0.15) is 5.54 Å². The van der Waals surface area contributed by atoms with Crippen LogP contribution in [0, 0.1) is 46.3 Å². The Balaban J connectivity index is 3.17. The molecular formula is C18H28N4O. The highest BCUT2D eigenvalue weighted by atomic mass is 16.1. The molecule has 0 aromatic heterocycles. The van der Waals surface area contributed by atoms with Gasteiger partial charge in [-0.3, -0.25) is 10.1 Å². The number of nitrogens with one attached hydrogen (secondary N) is 1. The summed E-state index contributed by atoms with van der Waals surface area (Å²) in [4.78, 5) is 11.8. The predicted molar refractivity (Wildman–Crippen MR) is 89.7 cm³/mol. The van der Waals surface area contributed by atoms with E-state index >= 15 is 0 Å². The lowest BCUT2D eigenvalue weighted by molar-refractivity contribution is -0.121. The van der Waals surface area contributed by atoms with E-state index in [1.807, 2.05) is 27.7 Å². The van der Waals surface area contributed by atoms with Gasteiger partial charge in [0.15, 0.2) is 0 Å². The summed E-state index contributed by atoms with van der Waals surface area (Å²) in [7, 11) is 0. The van der Waals surface area contributed by atoms with Crippen molar-refractivity contribution in [2.75, 3.05) is 0 Å². The molecule has 1 aliphatic carbocycles. The van der Waals surface area contributed by atoms with E-state index in [0.717, 1.165) is 5.57 Å². The van der Waals surface area contributed by atoms with Gasteiger partial charge in [-0.15, -0.1) is 0 Å².